The molecule has 0 radical (unpaired) electrons. The van der Waals surface area contributed by atoms with E-state index in [2.05, 4.69) is 91.2 Å². The molecule has 134 valence electrons. The molecule has 0 spiro atoms. The fraction of sp³-hybridized carbons (Fsp3) is 0.250. The molecule has 3 aromatic carbocycles. The van der Waals surface area contributed by atoms with E-state index >= 15 is 0 Å². The number of nitrogens with one attached hydrogen (secondary N) is 1. The minimum Gasteiger partial charge on any atom is -0.316 e. The van der Waals surface area contributed by atoms with Crippen molar-refractivity contribution in [1.29, 1.82) is 0 Å². The van der Waals surface area contributed by atoms with E-state index in [0.29, 0.717) is 12.0 Å². The summed E-state index contributed by atoms with van der Waals surface area (Å²) < 4.78 is 0. The monoisotopic (exact) mass is 363 g/mol. The molecule has 4 rings (SSSR count). The summed E-state index contributed by atoms with van der Waals surface area (Å²) in [5, 5.41) is 3.53. The Kier molecular flexibility index (Phi) is 6.13. The van der Waals surface area contributed by atoms with Crippen LogP contribution in [-0.2, 0) is 19.3 Å². The molecule has 1 N–H and O–H groups in total. The van der Waals surface area contributed by atoms with Crippen LogP contribution in [0.1, 0.15) is 33.7 Å². The summed E-state index contributed by atoms with van der Waals surface area (Å²) in [6, 6.07) is 29.3. The smallest absolute Gasteiger partial charge is 0.0177 e. The van der Waals surface area contributed by atoms with Gasteiger partial charge in [0.2, 0.25) is 0 Å². The Morgan fingerprint density at radius 3 is 2.12 bits per heavy atom. The van der Waals surface area contributed by atoms with Gasteiger partial charge in [0.1, 0.15) is 0 Å². The first-order valence-corrected chi connectivity index (χ1v) is 9.20. The van der Waals surface area contributed by atoms with Gasteiger partial charge in [0, 0.05) is 12.0 Å². The van der Waals surface area contributed by atoms with Crippen molar-refractivity contribution in [1.82, 2.24) is 5.32 Å². The fourth-order valence-corrected chi connectivity index (χ4v) is 4.11. The lowest BCUT2D eigenvalue weighted by molar-refractivity contribution is 0.492. The molecule has 1 aliphatic carbocycles. The van der Waals surface area contributed by atoms with E-state index < -0.39 is 0 Å². The van der Waals surface area contributed by atoms with E-state index in [1.165, 1.54) is 27.8 Å². The van der Waals surface area contributed by atoms with Crippen LogP contribution in [0.2, 0.25) is 0 Å². The number of fused-ring (bicyclic) bond motifs is 1. The third-order valence-electron chi connectivity index (χ3n) is 5.48. The topological polar surface area (TPSA) is 12.0 Å². The third kappa shape index (κ3) is 4.00. The van der Waals surface area contributed by atoms with E-state index in [1.54, 1.807) is 0 Å². The zero-order valence-corrected chi connectivity index (χ0v) is 16.0. The second-order valence-electron chi connectivity index (χ2n) is 7.09. The Morgan fingerprint density at radius 2 is 1.38 bits per heavy atom. The molecule has 2 atom stereocenters. The second kappa shape index (κ2) is 8.53. The van der Waals surface area contributed by atoms with Gasteiger partial charge in [-0.2, -0.15) is 0 Å². The Labute approximate surface area is 162 Å². The van der Waals surface area contributed by atoms with Crippen molar-refractivity contribution in [3.05, 3.63) is 107 Å². The second-order valence-corrected chi connectivity index (χ2v) is 7.09. The quantitative estimate of drug-likeness (QED) is 0.659. The van der Waals surface area contributed by atoms with E-state index in [4.69, 9.17) is 0 Å². The number of rotatable bonds is 5. The highest BCUT2D eigenvalue weighted by atomic mass is 35.5. The van der Waals surface area contributed by atoms with Gasteiger partial charge in [-0.1, -0.05) is 78.9 Å². The third-order valence-corrected chi connectivity index (χ3v) is 5.48. The SMILES string of the molecule is CN[C@@H]1Cc2ccccc2[C@H]1Cc1ccc(Cc2ccccc2)cc1.Cl. The molecule has 0 saturated heterocycles. The normalized spacial score (nSPS) is 18.2. The number of halogens is 1. The number of hydrogen-bond donors (Lipinski definition) is 1. The molecule has 1 nitrogen and oxygen atoms in total. The molecule has 0 aliphatic heterocycles. The lowest BCUT2D eigenvalue weighted by Crippen LogP contribution is -2.30. The predicted molar refractivity (Wildman–Crippen MR) is 112 cm³/mol. The van der Waals surface area contributed by atoms with Crippen LogP contribution in [0.25, 0.3) is 0 Å². The summed E-state index contributed by atoms with van der Waals surface area (Å²) in [6.07, 6.45) is 3.25. The Morgan fingerprint density at radius 1 is 0.769 bits per heavy atom. The van der Waals surface area contributed by atoms with Crippen molar-refractivity contribution in [3.8, 4) is 0 Å². The Hall–Kier alpha value is -2.09. The van der Waals surface area contributed by atoms with Crippen molar-refractivity contribution in [2.24, 2.45) is 0 Å². The summed E-state index contributed by atoms with van der Waals surface area (Å²) in [4.78, 5) is 0. The van der Waals surface area contributed by atoms with E-state index in [0.717, 1.165) is 19.3 Å². The standard InChI is InChI=1S/C24H25N.ClH/c1-25-24-17-21-9-5-6-10-22(21)23(24)16-20-13-11-19(12-14-20)15-18-7-3-2-4-8-18;/h2-14,23-25H,15-17H2,1H3;1H/t23-,24-;/m1./s1. The van der Waals surface area contributed by atoms with E-state index in [1.807, 2.05) is 0 Å². The molecule has 0 bridgehead atoms. The first-order chi connectivity index (χ1) is 12.3. The molecule has 2 heteroatoms. The summed E-state index contributed by atoms with van der Waals surface area (Å²) in [5.41, 5.74) is 7.21. The van der Waals surface area contributed by atoms with Crippen LogP contribution in [0.3, 0.4) is 0 Å². The molecule has 0 heterocycles. The molecular formula is C24H26ClN. The minimum absolute atomic E-state index is 0. The van der Waals surface area contributed by atoms with Gasteiger partial charge < -0.3 is 5.32 Å². The van der Waals surface area contributed by atoms with Gasteiger partial charge in [0.05, 0.1) is 0 Å². The molecule has 0 fully saturated rings. The van der Waals surface area contributed by atoms with Crippen molar-refractivity contribution in [2.45, 2.75) is 31.2 Å². The van der Waals surface area contributed by atoms with E-state index in [9.17, 15) is 0 Å². The van der Waals surface area contributed by atoms with Crippen molar-refractivity contribution < 1.29 is 0 Å². The molecule has 3 aromatic rings. The molecule has 26 heavy (non-hydrogen) atoms. The number of hydrogen-bond acceptors (Lipinski definition) is 1. The largest absolute Gasteiger partial charge is 0.316 e. The average molecular weight is 364 g/mol. The van der Waals surface area contributed by atoms with Crippen LogP contribution in [0, 0.1) is 0 Å². The highest BCUT2D eigenvalue weighted by Crippen LogP contribution is 2.35. The summed E-state index contributed by atoms with van der Waals surface area (Å²) in [5.74, 6) is 0.571. The predicted octanol–water partition coefficient (Wildman–Crippen LogP) is 5.17. The number of likely N-dealkylation sites (N-methyl/N-ethyl adjacent to an activating group) is 1. The van der Waals surface area contributed by atoms with Crippen molar-refractivity contribution >= 4 is 12.4 Å². The van der Waals surface area contributed by atoms with Crippen LogP contribution in [0.5, 0.6) is 0 Å². The van der Waals surface area contributed by atoms with Crippen molar-refractivity contribution in [2.75, 3.05) is 7.05 Å². The van der Waals surface area contributed by atoms with Gasteiger partial charge in [0.25, 0.3) is 0 Å². The van der Waals surface area contributed by atoms with Gasteiger partial charge in [-0.3, -0.25) is 0 Å². The lowest BCUT2D eigenvalue weighted by atomic mass is 9.90. The van der Waals surface area contributed by atoms with Crippen LogP contribution >= 0.6 is 12.4 Å². The van der Waals surface area contributed by atoms with Crippen LogP contribution < -0.4 is 5.32 Å². The van der Waals surface area contributed by atoms with E-state index in [-0.39, 0.29) is 12.4 Å². The Bertz CT molecular complexity index is 826. The summed E-state index contributed by atoms with van der Waals surface area (Å²) >= 11 is 0. The maximum absolute atomic E-state index is 3.53. The van der Waals surface area contributed by atoms with Gasteiger partial charge in [-0.05, 0) is 54.1 Å². The molecule has 0 aromatic heterocycles. The zero-order valence-electron chi connectivity index (χ0n) is 15.2. The highest BCUT2D eigenvalue weighted by Gasteiger charge is 2.30. The molecule has 1 aliphatic rings. The molecular weight excluding hydrogens is 338 g/mol. The maximum atomic E-state index is 3.53. The first-order valence-electron chi connectivity index (χ1n) is 9.20. The summed E-state index contributed by atoms with van der Waals surface area (Å²) in [6.45, 7) is 0. The van der Waals surface area contributed by atoms with Crippen LogP contribution in [0.15, 0.2) is 78.9 Å². The fourth-order valence-electron chi connectivity index (χ4n) is 4.11. The van der Waals surface area contributed by atoms with Gasteiger partial charge >= 0.3 is 0 Å². The van der Waals surface area contributed by atoms with Gasteiger partial charge in [-0.25, -0.2) is 0 Å². The zero-order chi connectivity index (χ0) is 17.1. The first kappa shape index (κ1) is 18.7. The Balaban J connectivity index is 0.00000196. The average Bonchev–Trinajstić information content (AvgIpc) is 3.02. The van der Waals surface area contributed by atoms with Crippen molar-refractivity contribution in [3.63, 3.8) is 0 Å². The van der Waals surface area contributed by atoms with Gasteiger partial charge in [0.15, 0.2) is 0 Å². The van der Waals surface area contributed by atoms with Gasteiger partial charge in [-0.15, -0.1) is 12.4 Å². The number of benzene rings is 3. The maximum Gasteiger partial charge on any atom is 0.0177 e. The molecule has 0 unspecified atom stereocenters. The molecule has 0 amide bonds. The molecule has 0 saturated carbocycles. The lowest BCUT2D eigenvalue weighted by Gasteiger charge is -2.20. The highest BCUT2D eigenvalue weighted by molar-refractivity contribution is 5.85. The minimum atomic E-state index is 0. The van der Waals surface area contributed by atoms with Crippen LogP contribution in [-0.4, -0.2) is 13.1 Å². The van der Waals surface area contributed by atoms with Crippen LogP contribution in [0.4, 0.5) is 0 Å². The summed E-state index contributed by atoms with van der Waals surface area (Å²) in [7, 11) is 2.09.